The number of nitro benzene ring substituents is 2. The summed E-state index contributed by atoms with van der Waals surface area (Å²) in [6.07, 6.45) is 0. The normalized spacial score (nSPS) is 10.8. The lowest BCUT2D eigenvalue weighted by Gasteiger charge is -2.13. The second-order valence-electron chi connectivity index (χ2n) is 8.20. The Balaban J connectivity index is 1.55. The Bertz CT molecular complexity index is 1650. The lowest BCUT2D eigenvalue weighted by molar-refractivity contribution is -0.432. The molecule has 4 rings (SSSR count). The third kappa shape index (κ3) is 7.29. The van der Waals surface area contributed by atoms with Crippen molar-refractivity contribution in [3.63, 3.8) is 0 Å². The summed E-state index contributed by atoms with van der Waals surface area (Å²) in [5.41, 5.74) is 0.644. The van der Waals surface area contributed by atoms with Crippen LogP contribution in [0.25, 0.3) is 0 Å². The lowest BCUT2D eigenvalue weighted by atomic mass is 10.1. The van der Waals surface area contributed by atoms with E-state index in [1.165, 1.54) is 6.07 Å². The Morgan fingerprint density at radius 1 is 0.878 bits per heavy atom. The van der Waals surface area contributed by atoms with Crippen molar-refractivity contribution in [1.29, 1.82) is 0 Å². The molecule has 4 N–H and O–H groups in total. The SMILES string of the molecule is Cc1cc(Nc2cc(F)cc([N+](=O)[O-])c2[N+](=O)[O-])ccc1Nc1nc(Cl)nc(Nc2ccc(C)c(SOOO)c2)n1. The molecule has 0 bridgehead atoms. The zero-order valence-corrected chi connectivity index (χ0v) is 22.5. The molecule has 0 unspecified atom stereocenters. The third-order valence-corrected chi connectivity index (χ3v) is 6.31. The topological polar surface area (TPSA) is 200 Å². The van der Waals surface area contributed by atoms with Gasteiger partial charge in [-0.25, -0.2) is 9.65 Å². The molecule has 0 amide bonds. The average Bonchev–Trinajstić information content (AvgIpc) is 2.89. The van der Waals surface area contributed by atoms with Crippen LogP contribution in [0, 0.1) is 39.9 Å². The number of nitrogens with one attached hydrogen (secondary N) is 3. The predicted molar refractivity (Wildman–Crippen MR) is 147 cm³/mol. The zero-order valence-electron chi connectivity index (χ0n) is 20.9. The molecule has 0 saturated heterocycles. The van der Waals surface area contributed by atoms with E-state index in [0.29, 0.717) is 33.6 Å². The van der Waals surface area contributed by atoms with Gasteiger partial charge in [-0.2, -0.15) is 15.0 Å². The van der Waals surface area contributed by atoms with Gasteiger partial charge in [-0.15, -0.1) is 4.33 Å². The summed E-state index contributed by atoms with van der Waals surface area (Å²) in [5, 5.41) is 43.3. The summed E-state index contributed by atoms with van der Waals surface area (Å²) in [7, 11) is 0. The lowest BCUT2D eigenvalue weighted by Crippen LogP contribution is -2.05. The van der Waals surface area contributed by atoms with Crippen molar-refractivity contribution >= 4 is 69.7 Å². The number of anilines is 6. The van der Waals surface area contributed by atoms with Gasteiger partial charge < -0.3 is 16.0 Å². The van der Waals surface area contributed by atoms with Crippen LogP contribution in [-0.4, -0.2) is 30.1 Å². The van der Waals surface area contributed by atoms with Gasteiger partial charge in [0.1, 0.15) is 11.5 Å². The minimum absolute atomic E-state index is 0.0893. The Labute approximate surface area is 239 Å². The van der Waals surface area contributed by atoms with Gasteiger partial charge in [0.15, 0.2) is 0 Å². The second kappa shape index (κ2) is 12.7. The van der Waals surface area contributed by atoms with Gasteiger partial charge in [0, 0.05) is 28.0 Å². The highest BCUT2D eigenvalue weighted by Gasteiger charge is 2.30. The summed E-state index contributed by atoms with van der Waals surface area (Å²) in [6.45, 7) is 3.54. The van der Waals surface area contributed by atoms with Gasteiger partial charge in [-0.1, -0.05) is 11.1 Å². The third-order valence-electron chi connectivity index (χ3n) is 5.39. The summed E-state index contributed by atoms with van der Waals surface area (Å²) >= 11 is 6.89. The van der Waals surface area contributed by atoms with E-state index in [2.05, 4.69) is 40.3 Å². The summed E-state index contributed by atoms with van der Waals surface area (Å²) in [5.74, 6) is -0.807. The van der Waals surface area contributed by atoms with Gasteiger partial charge in [0.05, 0.1) is 28.0 Å². The smallest absolute Gasteiger partial charge is 0.350 e. The van der Waals surface area contributed by atoms with E-state index in [1.807, 2.05) is 6.92 Å². The first-order valence-corrected chi connectivity index (χ1v) is 12.4. The van der Waals surface area contributed by atoms with Crippen molar-refractivity contribution < 1.29 is 28.9 Å². The molecule has 0 radical (unpaired) electrons. The molecule has 0 fully saturated rings. The highest BCUT2D eigenvalue weighted by atomic mass is 35.5. The van der Waals surface area contributed by atoms with E-state index in [1.54, 1.807) is 37.3 Å². The number of aryl methyl sites for hydroxylation is 2. The molecular weight excluding hydrogens is 587 g/mol. The number of benzene rings is 3. The van der Waals surface area contributed by atoms with Crippen LogP contribution in [0.2, 0.25) is 5.28 Å². The number of nitro groups is 2. The summed E-state index contributed by atoms with van der Waals surface area (Å²) in [6, 6.07) is 11.2. The van der Waals surface area contributed by atoms with Gasteiger partial charge in [-0.05, 0) is 66.9 Å². The highest BCUT2D eigenvalue weighted by molar-refractivity contribution is 7.94. The number of nitrogens with zero attached hydrogens (tertiary/aromatic N) is 5. The minimum Gasteiger partial charge on any atom is -0.350 e. The van der Waals surface area contributed by atoms with E-state index < -0.39 is 27.0 Å². The first-order valence-electron chi connectivity index (χ1n) is 11.2. The monoisotopic (exact) mass is 604 g/mol. The van der Waals surface area contributed by atoms with Crippen LogP contribution in [0.4, 0.5) is 50.4 Å². The van der Waals surface area contributed by atoms with Crippen LogP contribution in [0.3, 0.4) is 0 Å². The van der Waals surface area contributed by atoms with Crippen LogP contribution in [0.5, 0.6) is 0 Å². The quantitative estimate of drug-likeness (QED) is 0.0605. The molecular formula is C23H18ClFN8O7S. The number of halogens is 2. The maximum atomic E-state index is 14.0. The number of rotatable bonds is 11. The first-order chi connectivity index (χ1) is 19.5. The van der Waals surface area contributed by atoms with Crippen LogP contribution in [-0.2, 0) is 9.37 Å². The molecule has 0 aliphatic heterocycles. The van der Waals surface area contributed by atoms with Gasteiger partial charge in [-0.3, -0.25) is 20.2 Å². The number of aromatic nitrogens is 3. The largest absolute Gasteiger partial charge is 0.369 e. The van der Waals surface area contributed by atoms with Crippen molar-refractivity contribution in [1.82, 2.24) is 15.0 Å². The van der Waals surface area contributed by atoms with Gasteiger partial charge >= 0.3 is 11.4 Å². The molecule has 0 saturated carbocycles. The molecule has 1 aromatic heterocycles. The summed E-state index contributed by atoms with van der Waals surface area (Å²) in [4.78, 5) is 33.8. The molecule has 0 aliphatic carbocycles. The predicted octanol–water partition coefficient (Wildman–Crippen LogP) is 6.76. The highest BCUT2D eigenvalue weighted by Crippen LogP contribution is 2.38. The van der Waals surface area contributed by atoms with E-state index in [9.17, 15) is 24.6 Å². The molecule has 0 spiro atoms. The second-order valence-corrected chi connectivity index (χ2v) is 9.28. The Morgan fingerprint density at radius 3 is 2.22 bits per heavy atom. The summed E-state index contributed by atoms with van der Waals surface area (Å²) < 4.78 is 18.5. The fraction of sp³-hybridized carbons (Fsp3) is 0.0870. The van der Waals surface area contributed by atoms with E-state index in [4.69, 9.17) is 16.9 Å². The average molecular weight is 605 g/mol. The van der Waals surface area contributed by atoms with Gasteiger partial charge in [0.2, 0.25) is 17.2 Å². The first kappa shape index (κ1) is 29.3. The number of hydrogen-bond acceptors (Lipinski definition) is 14. The molecule has 212 valence electrons. The maximum absolute atomic E-state index is 14.0. The fourth-order valence-corrected chi connectivity index (χ4v) is 4.22. The minimum atomic E-state index is -1.02. The van der Waals surface area contributed by atoms with E-state index >= 15 is 0 Å². The molecule has 0 atom stereocenters. The van der Waals surface area contributed by atoms with E-state index in [0.717, 1.165) is 23.7 Å². The van der Waals surface area contributed by atoms with Crippen molar-refractivity contribution in [2.75, 3.05) is 16.0 Å². The van der Waals surface area contributed by atoms with Gasteiger partial charge in [0.25, 0.3) is 0 Å². The van der Waals surface area contributed by atoms with Crippen molar-refractivity contribution in [2.45, 2.75) is 18.7 Å². The number of hydrogen-bond donors (Lipinski definition) is 4. The van der Waals surface area contributed by atoms with Crippen molar-refractivity contribution in [3.05, 3.63) is 91.0 Å². The zero-order chi connectivity index (χ0) is 29.7. The maximum Gasteiger partial charge on any atom is 0.369 e. The van der Waals surface area contributed by atoms with Crippen LogP contribution in [0.1, 0.15) is 11.1 Å². The molecule has 4 aromatic rings. The molecule has 0 aliphatic rings. The van der Waals surface area contributed by atoms with Crippen molar-refractivity contribution in [3.8, 4) is 0 Å². The van der Waals surface area contributed by atoms with Crippen LogP contribution in [0.15, 0.2) is 53.4 Å². The Hall–Kier alpha value is -4.68. The van der Waals surface area contributed by atoms with Crippen LogP contribution < -0.4 is 16.0 Å². The standard InChI is InChI=1S/C23H18ClFN8O7S/c1-11-3-4-15(10-19(11)41-40-39-38)27-22-29-21(24)30-23(31-22)28-16-6-5-14(7-12(16)2)26-17-8-13(25)9-18(32(34)35)20(17)33(36)37/h3-10,26,38H,1-2H3,(H2,27,28,29,30,31). The molecule has 3 aromatic carbocycles. The molecule has 1 heterocycles. The van der Waals surface area contributed by atoms with Crippen LogP contribution >= 0.6 is 23.6 Å². The molecule has 15 nitrogen and oxygen atoms in total. The Kier molecular flexibility index (Phi) is 9.05. The molecule has 41 heavy (non-hydrogen) atoms. The van der Waals surface area contributed by atoms with Crippen molar-refractivity contribution in [2.24, 2.45) is 0 Å². The molecule has 18 heteroatoms. The Morgan fingerprint density at radius 2 is 1.56 bits per heavy atom. The fourth-order valence-electron chi connectivity index (χ4n) is 3.58. The van der Waals surface area contributed by atoms with E-state index in [-0.39, 0.29) is 22.9 Å².